The molecule has 2 unspecified atom stereocenters. The van der Waals surface area contributed by atoms with Crippen LogP contribution in [0.3, 0.4) is 0 Å². The number of rotatable bonds is 16. The molecule has 38 heavy (non-hydrogen) atoms. The molecule has 8 nitrogen and oxygen atoms in total. The van der Waals surface area contributed by atoms with Crippen LogP contribution in [0.25, 0.3) is 22.3 Å². The van der Waals surface area contributed by atoms with E-state index in [1.807, 2.05) is 50.2 Å². The van der Waals surface area contributed by atoms with E-state index in [-0.39, 0.29) is 26.4 Å². The molecule has 0 saturated heterocycles. The fourth-order valence-corrected chi connectivity index (χ4v) is 4.21. The SMILES string of the molecule is C=CC(=O)OCC(O)COC(C)(C)CSOCC(O)COc1ccc2cc(-c3ccccc3CC)oc2c1. The summed E-state index contributed by atoms with van der Waals surface area (Å²) in [4.78, 5) is 11.1. The third kappa shape index (κ3) is 9.18. The first kappa shape index (κ1) is 29.7. The Morgan fingerprint density at radius 2 is 1.84 bits per heavy atom. The van der Waals surface area contributed by atoms with Crippen molar-refractivity contribution in [1.29, 1.82) is 0 Å². The molecule has 0 aliphatic rings. The molecule has 0 radical (unpaired) electrons. The molecule has 2 atom stereocenters. The minimum Gasteiger partial charge on any atom is -0.491 e. The molecule has 0 saturated carbocycles. The molecule has 0 bridgehead atoms. The maximum absolute atomic E-state index is 11.1. The summed E-state index contributed by atoms with van der Waals surface area (Å²) in [6.45, 7) is 9.08. The molecule has 2 N–H and O–H groups in total. The predicted molar refractivity (Wildman–Crippen MR) is 148 cm³/mol. The Kier molecular flexibility index (Phi) is 11.2. The zero-order valence-electron chi connectivity index (χ0n) is 22.1. The molecule has 9 heteroatoms. The molecular formula is C29H36O8S. The highest BCUT2D eigenvalue weighted by atomic mass is 32.2. The number of furan rings is 1. The van der Waals surface area contributed by atoms with E-state index < -0.39 is 23.8 Å². The van der Waals surface area contributed by atoms with Gasteiger partial charge in [-0.2, -0.15) is 0 Å². The van der Waals surface area contributed by atoms with E-state index in [2.05, 4.69) is 25.6 Å². The molecule has 1 heterocycles. The van der Waals surface area contributed by atoms with Crippen LogP contribution in [0, 0.1) is 0 Å². The fourth-order valence-electron chi connectivity index (χ4n) is 3.50. The van der Waals surface area contributed by atoms with Crippen LogP contribution in [0.1, 0.15) is 26.3 Å². The maximum atomic E-state index is 11.1. The summed E-state index contributed by atoms with van der Waals surface area (Å²) in [7, 11) is 0. The zero-order chi connectivity index (χ0) is 27.5. The van der Waals surface area contributed by atoms with Gasteiger partial charge < -0.3 is 33.0 Å². The Morgan fingerprint density at radius 3 is 2.61 bits per heavy atom. The van der Waals surface area contributed by atoms with Gasteiger partial charge in [0.05, 0.1) is 18.8 Å². The molecule has 0 spiro atoms. The zero-order valence-corrected chi connectivity index (χ0v) is 22.9. The number of benzene rings is 2. The Labute approximate surface area is 227 Å². The lowest BCUT2D eigenvalue weighted by Crippen LogP contribution is -2.34. The van der Waals surface area contributed by atoms with Crippen LogP contribution in [0.2, 0.25) is 0 Å². The van der Waals surface area contributed by atoms with E-state index in [1.165, 1.54) is 5.56 Å². The highest BCUT2D eigenvalue weighted by molar-refractivity contribution is 7.94. The lowest BCUT2D eigenvalue weighted by molar-refractivity contribution is -0.143. The standard InChI is InChI=1S/C29H36O8S/c1-5-20-9-7-8-10-25(20)27-13-21-11-12-24(14-26(21)37-27)33-15-23(31)18-36-38-19-29(3,4)35-17-22(30)16-34-28(32)6-2/h6-14,22-23,30-31H,2,5,15-19H2,1,3-4H3. The number of hydrogen-bond donors (Lipinski definition) is 2. The van der Waals surface area contributed by atoms with Crippen molar-refractivity contribution < 1.29 is 37.8 Å². The molecule has 2 aromatic carbocycles. The van der Waals surface area contributed by atoms with Crippen LogP contribution in [-0.2, 0) is 24.9 Å². The van der Waals surface area contributed by atoms with Gasteiger partial charge in [0.1, 0.15) is 42.5 Å². The van der Waals surface area contributed by atoms with Gasteiger partial charge in [0.2, 0.25) is 0 Å². The Bertz CT molecular complexity index is 1190. The molecular weight excluding hydrogens is 508 g/mol. The lowest BCUT2D eigenvalue weighted by atomic mass is 10.0. The number of carbonyl (C=O) groups excluding carboxylic acids is 1. The van der Waals surface area contributed by atoms with Crippen molar-refractivity contribution in [1.82, 2.24) is 0 Å². The second-order valence-electron chi connectivity index (χ2n) is 9.39. The van der Waals surface area contributed by atoms with Crippen LogP contribution in [0.15, 0.2) is 65.6 Å². The van der Waals surface area contributed by atoms with Gasteiger partial charge in [-0.1, -0.05) is 37.8 Å². The molecule has 0 amide bonds. The number of aliphatic hydroxyl groups excluding tert-OH is 2. The van der Waals surface area contributed by atoms with E-state index in [4.69, 9.17) is 22.8 Å². The van der Waals surface area contributed by atoms with E-state index in [0.29, 0.717) is 11.5 Å². The molecule has 0 aliphatic carbocycles. The first-order chi connectivity index (χ1) is 18.2. The van der Waals surface area contributed by atoms with E-state index in [1.54, 1.807) is 0 Å². The Hall–Kier alpha value is -2.82. The summed E-state index contributed by atoms with van der Waals surface area (Å²) in [5.41, 5.74) is 2.42. The van der Waals surface area contributed by atoms with Gasteiger partial charge in [-0.05, 0) is 56.1 Å². The van der Waals surface area contributed by atoms with Crippen LogP contribution >= 0.6 is 12.0 Å². The average Bonchev–Trinajstić information content (AvgIpc) is 3.35. The first-order valence-electron chi connectivity index (χ1n) is 12.5. The number of carbonyl (C=O) groups is 1. The average molecular weight is 545 g/mol. The van der Waals surface area contributed by atoms with Gasteiger partial charge in [-0.15, -0.1) is 0 Å². The van der Waals surface area contributed by atoms with Crippen molar-refractivity contribution in [2.45, 2.75) is 45.0 Å². The van der Waals surface area contributed by atoms with E-state index in [0.717, 1.165) is 46.8 Å². The highest BCUT2D eigenvalue weighted by Crippen LogP contribution is 2.32. The topological polar surface area (TPSA) is 108 Å². The number of aliphatic hydroxyl groups is 2. The molecule has 206 valence electrons. The quantitative estimate of drug-likeness (QED) is 0.112. The Balaban J connectivity index is 1.39. The predicted octanol–water partition coefficient (Wildman–Crippen LogP) is 4.95. The van der Waals surface area contributed by atoms with Crippen LogP contribution in [-0.4, -0.2) is 66.2 Å². The van der Waals surface area contributed by atoms with E-state index >= 15 is 0 Å². The molecule has 1 aromatic heterocycles. The summed E-state index contributed by atoms with van der Waals surface area (Å²) < 4.78 is 27.8. The number of ether oxygens (including phenoxy) is 3. The molecule has 3 rings (SSSR count). The Morgan fingerprint density at radius 1 is 1.08 bits per heavy atom. The molecule has 0 fully saturated rings. The summed E-state index contributed by atoms with van der Waals surface area (Å²) in [6, 6.07) is 15.8. The van der Waals surface area contributed by atoms with Crippen molar-refractivity contribution in [2.75, 3.05) is 32.2 Å². The van der Waals surface area contributed by atoms with Crippen molar-refractivity contribution in [3.63, 3.8) is 0 Å². The molecule has 0 aliphatic heterocycles. The number of esters is 1. The normalized spacial score (nSPS) is 13.3. The van der Waals surface area contributed by atoms with Gasteiger partial charge >= 0.3 is 5.97 Å². The van der Waals surface area contributed by atoms with Crippen molar-refractivity contribution >= 4 is 29.0 Å². The van der Waals surface area contributed by atoms with Gasteiger partial charge in [0, 0.05) is 28.8 Å². The van der Waals surface area contributed by atoms with Gasteiger partial charge in [-0.3, -0.25) is 0 Å². The summed E-state index contributed by atoms with van der Waals surface area (Å²) in [5.74, 6) is 1.27. The largest absolute Gasteiger partial charge is 0.491 e. The number of aryl methyl sites for hydroxylation is 1. The van der Waals surface area contributed by atoms with Gasteiger partial charge in [-0.25, -0.2) is 4.79 Å². The van der Waals surface area contributed by atoms with Crippen molar-refractivity contribution in [3.8, 4) is 17.1 Å². The van der Waals surface area contributed by atoms with Crippen molar-refractivity contribution in [2.24, 2.45) is 0 Å². The monoisotopic (exact) mass is 544 g/mol. The van der Waals surface area contributed by atoms with Crippen molar-refractivity contribution in [3.05, 3.63) is 66.7 Å². The van der Waals surface area contributed by atoms with Crippen LogP contribution < -0.4 is 4.74 Å². The fraction of sp³-hybridized carbons (Fsp3) is 0.414. The third-order valence-electron chi connectivity index (χ3n) is 5.60. The van der Waals surface area contributed by atoms with Crippen LogP contribution in [0.4, 0.5) is 0 Å². The lowest BCUT2D eigenvalue weighted by Gasteiger charge is -2.26. The van der Waals surface area contributed by atoms with Gasteiger partial charge in [0.15, 0.2) is 0 Å². The molecule has 3 aromatic rings. The third-order valence-corrected chi connectivity index (χ3v) is 6.71. The van der Waals surface area contributed by atoms with E-state index in [9.17, 15) is 15.0 Å². The second-order valence-corrected chi connectivity index (χ2v) is 10.2. The van der Waals surface area contributed by atoms with Crippen LogP contribution in [0.5, 0.6) is 5.75 Å². The first-order valence-corrected chi connectivity index (χ1v) is 13.4. The van der Waals surface area contributed by atoms with Gasteiger partial charge in [0.25, 0.3) is 0 Å². The number of fused-ring (bicyclic) bond motifs is 1. The highest BCUT2D eigenvalue weighted by Gasteiger charge is 2.22. The number of hydrogen-bond acceptors (Lipinski definition) is 9. The summed E-state index contributed by atoms with van der Waals surface area (Å²) in [6.07, 6.45) is 0.184. The minimum atomic E-state index is -0.942. The summed E-state index contributed by atoms with van der Waals surface area (Å²) in [5, 5.41) is 21.1. The minimum absolute atomic E-state index is 0.00106. The maximum Gasteiger partial charge on any atom is 0.330 e. The summed E-state index contributed by atoms with van der Waals surface area (Å²) >= 11 is 1.15. The second kappa shape index (κ2) is 14.4. The smallest absolute Gasteiger partial charge is 0.330 e.